The molecule has 28 heavy (non-hydrogen) atoms. The Kier molecular flexibility index (Phi) is 5.90. The summed E-state index contributed by atoms with van der Waals surface area (Å²) < 4.78 is 38.3. The third kappa shape index (κ3) is 4.63. The number of amides is 1. The van der Waals surface area contributed by atoms with Crippen molar-refractivity contribution in [1.82, 2.24) is 4.72 Å². The first-order chi connectivity index (χ1) is 13.3. The van der Waals surface area contributed by atoms with Crippen LogP contribution in [0.4, 0.5) is 5.69 Å². The van der Waals surface area contributed by atoms with Gasteiger partial charge in [-0.2, -0.15) is 0 Å². The van der Waals surface area contributed by atoms with Crippen molar-refractivity contribution in [3.8, 4) is 11.5 Å². The highest BCUT2D eigenvalue weighted by Gasteiger charge is 2.28. The molecule has 0 unspecified atom stereocenters. The molecule has 0 spiro atoms. The number of carbonyl (C=O) groups excluding carboxylic acids is 1. The summed E-state index contributed by atoms with van der Waals surface area (Å²) in [7, 11) is -2.11. The highest BCUT2D eigenvalue weighted by Crippen LogP contribution is 2.30. The minimum absolute atomic E-state index is 0.0000938. The lowest BCUT2D eigenvalue weighted by molar-refractivity contribution is 0.102. The first kappa shape index (κ1) is 20.2. The normalized spacial score (nSPS) is 13.8. The van der Waals surface area contributed by atoms with Gasteiger partial charge in [-0.15, -0.1) is 0 Å². The number of rotatable bonds is 8. The summed E-state index contributed by atoms with van der Waals surface area (Å²) in [6, 6.07) is 9.63. The quantitative estimate of drug-likeness (QED) is 0.705. The molecule has 0 radical (unpaired) electrons. The predicted molar refractivity (Wildman–Crippen MR) is 107 cm³/mol. The Bertz CT molecular complexity index is 984. The molecule has 0 heterocycles. The number of carbonyl (C=O) groups is 1. The van der Waals surface area contributed by atoms with Crippen LogP contribution in [0.1, 0.15) is 35.7 Å². The molecule has 1 amide bonds. The van der Waals surface area contributed by atoms with E-state index in [1.54, 1.807) is 31.2 Å². The van der Waals surface area contributed by atoms with Gasteiger partial charge in [0.15, 0.2) is 11.5 Å². The maximum absolute atomic E-state index is 12.8. The number of aryl methyl sites for hydroxylation is 1. The molecule has 2 N–H and O–H groups in total. The molecule has 2 aromatic rings. The first-order valence-corrected chi connectivity index (χ1v) is 10.6. The summed E-state index contributed by atoms with van der Waals surface area (Å²) in [6.07, 6.45) is 1.69. The van der Waals surface area contributed by atoms with E-state index >= 15 is 0 Å². The molecule has 0 aliphatic heterocycles. The van der Waals surface area contributed by atoms with Crippen LogP contribution in [0.2, 0.25) is 0 Å². The Morgan fingerprint density at radius 1 is 1.14 bits per heavy atom. The zero-order valence-electron chi connectivity index (χ0n) is 16.1. The van der Waals surface area contributed by atoms with Gasteiger partial charge in [0, 0.05) is 23.4 Å². The van der Waals surface area contributed by atoms with Crippen molar-refractivity contribution in [2.75, 3.05) is 19.0 Å². The Morgan fingerprint density at radius 2 is 1.89 bits per heavy atom. The average molecular weight is 404 g/mol. The van der Waals surface area contributed by atoms with Crippen molar-refractivity contribution >= 4 is 21.6 Å². The van der Waals surface area contributed by atoms with E-state index in [-0.39, 0.29) is 10.9 Å². The standard InChI is InChI=1S/C20H24N2O5S/c1-4-27-18-10-8-15(11-19(18)26-3)21-20(23)17-12-16(9-5-13(17)2)28(24,25)22-14-6-7-14/h5,8-12,14,22H,4,6-7H2,1-3H3,(H,21,23). The summed E-state index contributed by atoms with van der Waals surface area (Å²) in [5.74, 6) is 0.687. The summed E-state index contributed by atoms with van der Waals surface area (Å²) in [5, 5.41) is 2.79. The second-order valence-electron chi connectivity index (χ2n) is 6.63. The van der Waals surface area contributed by atoms with Gasteiger partial charge < -0.3 is 14.8 Å². The maximum atomic E-state index is 12.8. The molecular formula is C20H24N2O5S. The minimum Gasteiger partial charge on any atom is -0.493 e. The van der Waals surface area contributed by atoms with E-state index in [0.29, 0.717) is 34.9 Å². The molecule has 1 fully saturated rings. The molecular weight excluding hydrogens is 380 g/mol. The van der Waals surface area contributed by atoms with Crippen LogP contribution in [0.5, 0.6) is 11.5 Å². The van der Waals surface area contributed by atoms with Gasteiger partial charge in [-0.1, -0.05) is 6.07 Å². The highest BCUT2D eigenvalue weighted by atomic mass is 32.2. The van der Waals surface area contributed by atoms with Crippen molar-refractivity contribution in [2.45, 2.75) is 37.6 Å². The zero-order valence-corrected chi connectivity index (χ0v) is 16.9. The van der Waals surface area contributed by atoms with Gasteiger partial charge in [0.1, 0.15) is 0 Å². The van der Waals surface area contributed by atoms with Crippen LogP contribution >= 0.6 is 0 Å². The monoisotopic (exact) mass is 404 g/mol. The molecule has 7 nitrogen and oxygen atoms in total. The van der Waals surface area contributed by atoms with Crippen LogP contribution in [0, 0.1) is 6.92 Å². The predicted octanol–water partition coefficient (Wildman–Crippen LogP) is 3.10. The van der Waals surface area contributed by atoms with E-state index in [1.165, 1.54) is 19.2 Å². The molecule has 3 rings (SSSR count). The molecule has 0 bridgehead atoms. The number of nitrogens with one attached hydrogen (secondary N) is 2. The van der Waals surface area contributed by atoms with Crippen molar-refractivity contribution < 1.29 is 22.7 Å². The van der Waals surface area contributed by atoms with Gasteiger partial charge in [0.05, 0.1) is 18.6 Å². The van der Waals surface area contributed by atoms with Crippen LogP contribution < -0.4 is 19.5 Å². The zero-order chi connectivity index (χ0) is 20.3. The fraction of sp³-hybridized carbons (Fsp3) is 0.350. The van der Waals surface area contributed by atoms with Crippen LogP contribution in [0.3, 0.4) is 0 Å². The summed E-state index contributed by atoms with van der Waals surface area (Å²) >= 11 is 0. The average Bonchev–Trinajstić information content (AvgIpc) is 3.46. The highest BCUT2D eigenvalue weighted by molar-refractivity contribution is 7.89. The molecule has 150 valence electrons. The Labute approximate surface area is 165 Å². The van der Waals surface area contributed by atoms with Gasteiger partial charge in [-0.25, -0.2) is 13.1 Å². The molecule has 0 atom stereocenters. The number of methoxy groups -OCH3 is 1. The van der Waals surface area contributed by atoms with Crippen molar-refractivity contribution in [1.29, 1.82) is 0 Å². The summed E-state index contributed by atoms with van der Waals surface area (Å²) in [5.41, 5.74) is 1.50. The van der Waals surface area contributed by atoms with Gasteiger partial charge >= 0.3 is 0 Å². The molecule has 0 aromatic heterocycles. The Balaban J connectivity index is 1.83. The summed E-state index contributed by atoms with van der Waals surface area (Å²) in [4.78, 5) is 12.8. The lowest BCUT2D eigenvalue weighted by atomic mass is 10.1. The number of anilines is 1. The van der Waals surface area contributed by atoms with Crippen LogP contribution in [-0.2, 0) is 10.0 Å². The molecule has 8 heteroatoms. The fourth-order valence-corrected chi connectivity index (χ4v) is 4.05. The molecule has 1 aliphatic carbocycles. The van der Waals surface area contributed by atoms with E-state index in [9.17, 15) is 13.2 Å². The number of benzene rings is 2. The second-order valence-corrected chi connectivity index (χ2v) is 8.34. The molecule has 1 aliphatic rings. The number of ether oxygens (including phenoxy) is 2. The first-order valence-electron chi connectivity index (χ1n) is 9.09. The molecule has 1 saturated carbocycles. The van der Waals surface area contributed by atoms with Gasteiger partial charge in [0.25, 0.3) is 5.91 Å². The van der Waals surface area contributed by atoms with Crippen molar-refractivity contribution in [3.63, 3.8) is 0 Å². The topological polar surface area (TPSA) is 93.7 Å². The minimum atomic E-state index is -3.63. The van der Waals surface area contributed by atoms with E-state index < -0.39 is 15.9 Å². The number of hydrogen-bond acceptors (Lipinski definition) is 5. The molecule has 0 saturated heterocycles. The summed E-state index contributed by atoms with van der Waals surface area (Å²) in [6.45, 7) is 4.13. The van der Waals surface area contributed by atoms with Crippen molar-refractivity contribution in [2.24, 2.45) is 0 Å². The van der Waals surface area contributed by atoms with E-state index in [2.05, 4.69) is 10.0 Å². The second kappa shape index (κ2) is 8.20. The molecule has 2 aromatic carbocycles. The third-order valence-electron chi connectivity index (χ3n) is 4.38. The van der Waals surface area contributed by atoms with Crippen LogP contribution in [-0.4, -0.2) is 34.1 Å². The fourth-order valence-electron chi connectivity index (χ4n) is 2.72. The smallest absolute Gasteiger partial charge is 0.255 e. The largest absolute Gasteiger partial charge is 0.493 e. The van der Waals surface area contributed by atoms with E-state index in [1.807, 2.05) is 6.92 Å². The maximum Gasteiger partial charge on any atom is 0.255 e. The Morgan fingerprint density at radius 3 is 2.54 bits per heavy atom. The van der Waals surface area contributed by atoms with Crippen molar-refractivity contribution in [3.05, 3.63) is 47.5 Å². The van der Waals surface area contributed by atoms with Gasteiger partial charge in [0.2, 0.25) is 10.0 Å². The van der Waals surface area contributed by atoms with Crippen LogP contribution in [0.25, 0.3) is 0 Å². The van der Waals surface area contributed by atoms with Gasteiger partial charge in [-0.3, -0.25) is 4.79 Å². The van der Waals surface area contributed by atoms with Crippen LogP contribution in [0.15, 0.2) is 41.3 Å². The van der Waals surface area contributed by atoms with E-state index in [0.717, 1.165) is 12.8 Å². The SMILES string of the molecule is CCOc1ccc(NC(=O)c2cc(S(=O)(=O)NC3CC3)ccc2C)cc1OC. The number of hydrogen-bond donors (Lipinski definition) is 2. The third-order valence-corrected chi connectivity index (χ3v) is 5.90. The van der Waals surface area contributed by atoms with Gasteiger partial charge in [-0.05, 0) is 56.5 Å². The lowest BCUT2D eigenvalue weighted by Gasteiger charge is -2.13. The lowest BCUT2D eigenvalue weighted by Crippen LogP contribution is -2.26. The van der Waals surface area contributed by atoms with E-state index in [4.69, 9.17) is 9.47 Å². The number of sulfonamides is 1. The Hall–Kier alpha value is -2.58.